The Morgan fingerprint density at radius 3 is 2.73 bits per heavy atom. The Labute approximate surface area is 84.3 Å². The molecule has 0 spiro atoms. The minimum atomic E-state index is -2.76. The predicted molar refractivity (Wildman–Crippen MR) is 47.2 cm³/mol. The van der Waals surface area contributed by atoms with Crippen molar-refractivity contribution in [3.8, 4) is 6.07 Å². The van der Waals surface area contributed by atoms with E-state index in [2.05, 4.69) is 4.98 Å². The molecule has 78 valence electrons. The number of halogens is 2. The van der Waals surface area contributed by atoms with Crippen molar-refractivity contribution >= 4 is 6.29 Å². The molecule has 0 aliphatic rings. The lowest BCUT2D eigenvalue weighted by Gasteiger charge is -2.07. The van der Waals surface area contributed by atoms with Gasteiger partial charge in [0.2, 0.25) is 0 Å². The van der Waals surface area contributed by atoms with Gasteiger partial charge >= 0.3 is 0 Å². The molecule has 0 saturated carbocycles. The predicted octanol–water partition coefficient (Wildman–Crippen LogP) is 1.16. The lowest BCUT2D eigenvalue weighted by molar-refractivity contribution is 0.111. The fourth-order valence-corrected chi connectivity index (χ4v) is 1.11. The molecule has 15 heavy (non-hydrogen) atoms. The van der Waals surface area contributed by atoms with Crippen molar-refractivity contribution in [3.05, 3.63) is 28.6 Å². The van der Waals surface area contributed by atoms with Crippen LogP contribution in [-0.4, -0.2) is 11.3 Å². The van der Waals surface area contributed by atoms with E-state index in [1.165, 1.54) is 0 Å². The van der Waals surface area contributed by atoms with E-state index in [0.29, 0.717) is 6.29 Å². The summed E-state index contributed by atoms with van der Waals surface area (Å²) < 4.78 is 24.9. The van der Waals surface area contributed by atoms with Crippen LogP contribution in [-0.2, 0) is 6.54 Å². The number of carbonyl (C=O) groups excluding carboxylic acids is 1. The lowest BCUT2D eigenvalue weighted by Crippen LogP contribution is -2.08. The standard InChI is InChI=1S/C9H7F2N3O/c10-9(11)6-1-5(2-12)8(4-15)14-7(6)3-13/h1,4,9H,3,13H2. The van der Waals surface area contributed by atoms with Crippen LogP contribution in [0.5, 0.6) is 0 Å². The number of rotatable bonds is 3. The molecule has 0 atom stereocenters. The number of carbonyl (C=O) groups is 1. The Kier molecular flexibility index (Phi) is 3.42. The zero-order valence-electron chi connectivity index (χ0n) is 7.58. The maximum atomic E-state index is 12.5. The Morgan fingerprint density at radius 2 is 2.33 bits per heavy atom. The summed E-state index contributed by atoms with van der Waals surface area (Å²) in [6.45, 7) is -0.202. The van der Waals surface area contributed by atoms with Crippen LogP contribution in [0.25, 0.3) is 0 Å². The van der Waals surface area contributed by atoms with E-state index in [1.807, 2.05) is 0 Å². The van der Waals surface area contributed by atoms with Crippen LogP contribution in [0.3, 0.4) is 0 Å². The Morgan fingerprint density at radius 1 is 1.67 bits per heavy atom. The molecule has 0 fully saturated rings. The van der Waals surface area contributed by atoms with Gasteiger partial charge in [0.15, 0.2) is 6.29 Å². The average molecular weight is 211 g/mol. The molecule has 4 nitrogen and oxygen atoms in total. The summed E-state index contributed by atoms with van der Waals surface area (Å²) >= 11 is 0. The zero-order valence-corrected chi connectivity index (χ0v) is 7.58. The summed E-state index contributed by atoms with van der Waals surface area (Å²) in [6.07, 6.45) is -2.42. The van der Waals surface area contributed by atoms with Gasteiger partial charge in [0.05, 0.1) is 11.3 Å². The van der Waals surface area contributed by atoms with Crippen molar-refractivity contribution in [2.75, 3.05) is 0 Å². The molecular weight excluding hydrogens is 204 g/mol. The quantitative estimate of drug-likeness (QED) is 0.761. The topological polar surface area (TPSA) is 79.8 Å². The van der Waals surface area contributed by atoms with Gasteiger partial charge in [0.1, 0.15) is 11.8 Å². The second kappa shape index (κ2) is 4.57. The van der Waals surface area contributed by atoms with E-state index in [0.717, 1.165) is 6.07 Å². The number of hydrogen-bond acceptors (Lipinski definition) is 4. The number of aldehydes is 1. The van der Waals surface area contributed by atoms with Gasteiger partial charge in [-0.15, -0.1) is 0 Å². The molecule has 1 rings (SSSR count). The molecule has 0 aliphatic heterocycles. The highest BCUT2D eigenvalue weighted by Crippen LogP contribution is 2.23. The first kappa shape index (κ1) is 11.2. The number of aromatic nitrogens is 1. The van der Waals surface area contributed by atoms with Gasteiger partial charge in [0.25, 0.3) is 6.43 Å². The largest absolute Gasteiger partial charge is 0.325 e. The van der Waals surface area contributed by atoms with Crippen molar-refractivity contribution in [3.63, 3.8) is 0 Å². The monoisotopic (exact) mass is 211 g/mol. The highest BCUT2D eigenvalue weighted by molar-refractivity contribution is 5.76. The van der Waals surface area contributed by atoms with Crippen molar-refractivity contribution in [2.24, 2.45) is 5.73 Å². The minimum absolute atomic E-state index is 0.0638. The van der Waals surface area contributed by atoms with E-state index >= 15 is 0 Å². The van der Waals surface area contributed by atoms with Crippen molar-refractivity contribution in [2.45, 2.75) is 13.0 Å². The third-order valence-electron chi connectivity index (χ3n) is 1.82. The second-order valence-corrected chi connectivity index (χ2v) is 2.69. The summed E-state index contributed by atoms with van der Waals surface area (Å²) in [4.78, 5) is 14.1. The van der Waals surface area contributed by atoms with Crippen LogP contribution < -0.4 is 5.73 Å². The van der Waals surface area contributed by atoms with Crippen molar-refractivity contribution in [1.82, 2.24) is 4.98 Å². The molecule has 1 aromatic heterocycles. The molecule has 1 heterocycles. The normalized spacial score (nSPS) is 10.1. The lowest BCUT2D eigenvalue weighted by atomic mass is 10.1. The maximum absolute atomic E-state index is 12.5. The van der Waals surface area contributed by atoms with E-state index < -0.39 is 12.0 Å². The highest BCUT2D eigenvalue weighted by atomic mass is 19.3. The van der Waals surface area contributed by atoms with Crippen molar-refractivity contribution in [1.29, 1.82) is 5.26 Å². The first-order chi connectivity index (χ1) is 7.13. The first-order valence-corrected chi connectivity index (χ1v) is 4.01. The minimum Gasteiger partial charge on any atom is -0.325 e. The first-order valence-electron chi connectivity index (χ1n) is 4.01. The summed E-state index contributed by atoms with van der Waals surface area (Å²) in [5.41, 5.74) is 4.41. The zero-order chi connectivity index (χ0) is 11.4. The van der Waals surface area contributed by atoms with Crippen molar-refractivity contribution < 1.29 is 13.6 Å². The SMILES string of the molecule is N#Cc1cc(C(F)F)c(CN)nc1C=O. The van der Waals surface area contributed by atoms with Gasteiger partial charge in [0, 0.05) is 12.1 Å². The number of nitriles is 1. The third kappa shape index (κ3) is 2.14. The highest BCUT2D eigenvalue weighted by Gasteiger charge is 2.17. The molecule has 0 aromatic carbocycles. The molecule has 0 saturated heterocycles. The fraction of sp³-hybridized carbons (Fsp3) is 0.222. The van der Waals surface area contributed by atoms with Crippen LogP contribution in [0.1, 0.15) is 33.7 Å². The maximum Gasteiger partial charge on any atom is 0.265 e. The molecule has 6 heteroatoms. The van der Waals surface area contributed by atoms with Gasteiger partial charge < -0.3 is 5.73 Å². The van der Waals surface area contributed by atoms with Crippen LogP contribution in [0.2, 0.25) is 0 Å². The number of hydrogen-bond donors (Lipinski definition) is 1. The molecule has 0 aliphatic carbocycles. The van der Waals surface area contributed by atoms with E-state index in [-0.39, 0.29) is 23.5 Å². The molecule has 0 bridgehead atoms. The second-order valence-electron chi connectivity index (χ2n) is 2.69. The van der Waals surface area contributed by atoms with Gasteiger partial charge in [-0.1, -0.05) is 0 Å². The molecule has 0 unspecified atom stereocenters. The van der Waals surface area contributed by atoms with E-state index in [9.17, 15) is 13.6 Å². The van der Waals surface area contributed by atoms with Crippen LogP contribution in [0, 0.1) is 11.3 Å². The Bertz CT molecular complexity index is 426. The summed E-state index contributed by atoms with van der Waals surface area (Å²) in [6, 6.07) is 2.57. The molecule has 0 radical (unpaired) electrons. The van der Waals surface area contributed by atoms with Gasteiger partial charge in [-0.05, 0) is 6.07 Å². The number of nitrogens with two attached hydrogens (primary N) is 1. The van der Waals surface area contributed by atoms with E-state index in [4.69, 9.17) is 11.0 Å². The third-order valence-corrected chi connectivity index (χ3v) is 1.82. The molecular formula is C9H7F2N3O. The van der Waals surface area contributed by atoms with Gasteiger partial charge in [-0.25, -0.2) is 13.8 Å². The Balaban J connectivity index is 3.42. The summed E-state index contributed by atoms with van der Waals surface area (Å²) in [5.74, 6) is 0. The average Bonchev–Trinajstić information content (AvgIpc) is 2.26. The van der Waals surface area contributed by atoms with Gasteiger partial charge in [-0.3, -0.25) is 4.79 Å². The van der Waals surface area contributed by atoms with E-state index in [1.54, 1.807) is 6.07 Å². The fourth-order valence-electron chi connectivity index (χ4n) is 1.11. The Hall–Kier alpha value is -1.87. The molecule has 0 amide bonds. The molecule has 1 aromatic rings. The number of pyridine rings is 1. The van der Waals surface area contributed by atoms with Crippen LogP contribution >= 0.6 is 0 Å². The van der Waals surface area contributed by atoms with Gasteiger partial charge in [-0.2, -0.15) is 5.26 Å². The van der Waals surface area contributed by atoms with Crippen LogP contribution in [0.4, 0.5) is 8.78 Å². The smallest absolute Gasteiger partial charge is 0.265 e. The number of nitrogens with zero attached hydrogens (tertiary/aromatic N) is 2. The summed E-state index contributed by atoms with van der Waals surface area (Å²) in [5, 5.41) is 8.59. The van der Waals surface area contributed by atoms with Crippen LogP contribution in [0.15, 0.2) is 6.07 Å². The number of alkyl halides is 2. The molecule has 2 N–H and O–H groups in total. The summed E-state index contributed by atoms with van der Waals surface area (Å²) in [7, 11) is 0.